The minimum atomic E-state index is 1.02. The van der Waals surface area contributed by atoms with Crippen molar-refractivity contribution in [3.05, 3.63) is 115 Å². The summed E-state index contributed by atoms with van der Waals surface area (Å²) in [5.41, 5.74) is 9.30. The van der Waals surface area contributed by atoms with E-state index in [9.17, 15) is 0 Å². The fourth-order valence-electron chi connectivity index (χ4n) is 5.61. The van der Waals surface area contributed by atoms with Crippen LogP contribution in [-0.4, -0.2) is 14.1 Å². The highest BCUT2D eigenvalue weighted by molar-refractivity contribution is 6.10. The molecule has 7 rings (SSSR count). The lowest BCUT2D eigenvalue weighted by Gasteiger charge is -2.18. The van der Waals surface area contributed by atoms with Gasteiger partial charge in [0.2, 0.25) is 0 Å². The van der Waals surface area contributed by atoms with E-state index in [1.54, 1.807) is 0 Å². The smallest absolute Gasteiger partial charge is 0.0724 e. The molecule has 0 aliphatic carbocycles. The molecule has 0 spiro atoms. The van der Waals surface area contributed by atoms with Gasteiger partial charge in [0.15, 0.2) is 0 Å². The maximum atomic E-state index is 4.94. The molecule has 0 aliphatic rings. The number of hydrogen-bond donors (Lipinski definition) is 0. The third kappa shape index (κ3) is 2.49. The first-order valence-electron chi connectivity index (χ1n) is 11.7. The molecule has 0 fully saturated rings. The summed E-state index contributed by atoms with van der Waals surface area (Å²) in [6.45, 7) is 4.34. The van der Waals surface area contributed by atoms with E-state index >= 15 is 0 Å². The Morgan fingerprint density at radius 1 is 0.500 bits per heavy atom. The molecule has 0 radical (unpaired) electrons. The fourth-order valence-corrected chi connectivity index (χ4v) is 5.61. The molecule has 4 aromatic carbocycles. The van der Waals surface area contributed by atoms with Gasteiger partial charge in [-0.15, -0.1) is 0 Å². The van der Waals surface area contributed by atoms with E-state index in [-0.39, 0.29) is 0 Å². The molecule has 7 aromatic rings. The summed E-state index contributed by atoms with van der Waals surface area (Å²) in [6, 6.07) is 34.6. The molecule has 3 heteroatoms. The van der Waals surface area contributed by atoms with Crippen LogP contribution in [0.25, 0.3) is 55.0 Å². The minimum absolute atomic E-state index is 1.02. The first kappa shape index (κ1) is 19.1. The highest BCUT2D eigenvalue weighted by atomic mass is 15.0. The molecule has 0 unspecified atom stereocenters. The molecule has 34 heavy (non-hydrogen) atoms. The number of pyridine rings is 1. The number of hydrogen-bond acceptors (Lipinski definition) is 1. The van der Waals surface area contributed by atoms with Gasteiger partial charge in [-0.1, -0.05) is 72.8 Å². The van der Waals surface area contributed by atoms with Gasteiger partial charge in [0, 0.05) is 27.1 Å². The van der Waals surface area contributed by atoms with Crippen LogP contribution in [0, 0.1) is 13.8 Å². The minimum Gasteiger partial charge on any atom is -0.307 e. The second-order valence-electron chi connectivity index (χ2n) is 8.94. The molecular formula is C31H23N3. The molecule has 0 saturated carbocycles. The second-order valence-corrected chi connectivity index (χ2v) is 8.94. The summed E-state index contributed by atoms with van der Waals surface area (Å²) in [5.74, 6) is 0. The Balaban J connectivity index is 1.62. The molecule has 0 atom stereocenters. The van der Waals surface area contributed by atoms with E-state index < -0.39 is 0 Å². The highest BCUT2D eigenvalue weighted by Gasteiger charge is 2.20. The lowest BCUT2D eigenvalue weighted by Crippen LogP contribution is -2.07. The summed E-state index contributed by atoms with van der Waals surface area (Å²) in [6.07, 6.45) is 2.03. The van der Waals surface area contributed by atoms with Crippen molar-refractivity contribution >= 4 is 43.6 Å². The molecule has 0 amide bonds. The molecule has 0 aliphatic heterocycles. The van der Waals surface area contributed by atoms with Crippen molar-refractivity contribution < 1.29 is 0 Å². The fraction of sp³-hybridized carbons (Fsp3) is 0.0645. The summed E-state index contributed by atoms with van der Waals surface area (Å²) in [5, 5.41) is 5.05. The maximum Gasteiger partial charge on any atom is 0.0724 e. The van der Waals surface area contributed by atoms with E-state index in [1.165, 1.54) is 49.2 Å². The summed E-state index contributed by atoms with van der Waals surface area (Å²) >= 11 is 0. The molecule has 0 saturated heterocycles. The van der Waals surface area contributed by atoms with E-state index in [0.717, 1.165) is 17.1 Å². The number of aromatic nitrogens is 3. The lowest BCUT2D eigenvalue weighted by molar-refractivity contribution is 1.02. The van der Waals surface area contributed by atoms with Crippen LogP contribution in [0.4, 0.5) is 0 Å². The van der Waals surface area contributed by atoms with Crippen molar-refractivity contribution in [2.24, 2.45) is 0 Å². The Morgan fingerprint density at radius 3 is 1.32 bits per heavy atom. The highest BCUT2D eigenvalue weighted by Crippen LogP contribution is 2.37. The normalized spacial score (nSPS) is 11.8. The Morgan fingerprint density at radius 2 is 0.882 bits per heavy atom. The van der Waals surface area contributed by atoms with Crippen LogP contribution in [0.5, 0.6) is 0 Å². The number of nitrogens with zero attached hydrogens (tertiary/aromatic N) is 3. The van der Waals surface area contributed by atoms with Crippen molar-refractivity contribution in [1.29, 1.82) is 0 Å². The van der Waals surface area contributed by atoms with Crippen LogP contribution in [0.1, 0.15) is 11.3 Å². The number of fused-ring (bicyclic) bond motifs is 6. The first-order valence-corrected chi connectivity index (χ1v) is 11.7. The second kappa shape index (κ2) is 7.06. The number of benzene rings is 4. The van der Waals surface area contributed by atoms with Crippen molar-refractivity contribution in [3.8, 4) is 11.4 Å². The average Bonchev–Trinajstić information content (AvgIpc) is 3.38. The first-order chi connectivity index (χ1) is 16.7. The van der Waals surface area contributed by atoms with Crippen LogP contribution in [-0.2, 0) is 0 Å². The zero-order chi connectivity index (χ0) is 22.8. The standard InChI is InChI=1S/C31H23N3/c1-20-30(33-26-15-7-3-11-22(26)23-12-4-8-16-27(23)33)19-32-21(2)31(20)34-28-17-9-5-13-24(28)25-14-6-10-18-29(25)34/h3-19H,1-2H3. The molecule has 162 valence electrons. The van der Waals surface area contributed by atoms with Gasteiger partial charge in [0.05, 0.1) is 45.3 Å². The summed E-state index contributed by atoms with van der Waals surface area (Å²) in [7, 11) is 0. The Bertz CT molecular complexity index is 1780. The van der Waals surface area contributed by atoms with E-state index in [2.05, 4.69) is 120 Å². The lowest BCUT2D eigenvalue weighted by atomic mass is 10.1. The third-order valence-corrected chi connectivity index (χ3v) is 7.09. The van der Waals surface area contributed by atoms with Gasteiger partial charge in [0.1, 0.15) is 0 Å². The summed E-state index contributed by atoms with van der Waals surface area (Å²) in [4.78, 5) is 4.94. The molecule has 0 bridgehead atoms. The number of aryl methyl sites for hydroxylation is 1. The van der Waals surface area contributed by atoms with Crippen LogP contribution in [0.2, 0.25) is 0 Å². The van der Waals surface area contributed by atoms with Gasteiger partial charge in [-0.3, -0.25) is 4.98 Å². The summed E-state index contributed by atoms with van der Waals surface area (Å²) < 4.78 is 4.75. The SMILES string of the molecule is Cc1ncc(-n2c3ccccc3c3ccccc32)c(C)c1-n1c2ccccc2c2ccccc21. The van der Waals surface area contributed by atoms with Crippen LogP contribution in [0.3, 0.4) is 0 Å². The van der Waals surface area contributed by atoms with Gasteiger partial charge in [-0.05, 0) is 38.1 Å². The Kier molecular flexibility index (Phi) is 3.97. The van der Waals surface area contributed by atoms with Crippen LogP contribution >= 0.6 is 0 Å². The molecule has 0 N–H and O–H groups in total. The van der Waals surface area contributed by atoms with Gasteiger partial charge < -0.3 is 9.13 Å². The topological polar surface area (TPSA) is 22.8 Å². The molecule has 3 nitrogen and oxygen atoms in total. The van der Waals surface area contributed by atoms with Gasteiger partial charge in [-0.25, -0.2) is 0 Å². The van der Waals surface area contributed by atoms with E-state index in [4.69, 9.17) is 4.98 Å². The van der Waals surface area contributed by atoms with Crippen molar-refractivity contribution in [2.75, 3.05) is 0 Å². The quantitative estimate of drug-likeness (QED) is 0.270. The van der Waals surface area contributed by atoms with Gasteiger partial charge in [0.25, 0.3) is 0 Å². The van der Waals surface area contributed by atoms with Crippen LogP contribution in [0.15, 0.2) is 103 Å². The number of rotatable bonds is 2. The maximum absolute atomic E-state index is 4.94. The van der Waals surface area contributed by atoms with Crippen LogP contribution < -0.4 is 0 Å². The van der Waals surface area contributed by atoms with Crippen molar-refractivity contribution in [1.82, 2.24) is 14.1 Å². The predicted molar refractivity (Wildman–Crippen MR) is 142 cm³/mol. The third-order valence-electron chi connectivity index (χ3n) is 7.09. The average molecular weight is 438 g/mol. The van der Waals surface area contributed by atoms with Crippen molar-refractivity contribution in [3.63, 3.8) is 0 Å². The Labute approximate surface area is 197 Å². The zero-order valence-corrected chi connectivity index (χ0v) is 19.2. The molecule has 3 heterocycles. The Hall–Kier alpha value is -4.37. The molecular weight excluding hydrogens is 414 g/mol. The van der Waals surface area contributed by atoms with Gasteiger partial charge in [-0.2, -0.15) is 0 Å². The number of para-hydroxylation sites is 4. The molecule has 3 aromatic heterocycles. The largest absolute Gasteiger partial charge is 0.307 e. The van der Waals surface area contributed by atoms with Gasteiger partial charge >= 0.3 is 0 Å². The van der Waals surface area contributed by atoms with E-state index in [0.29, 0.717) is 0 Å². The predicted octanol–water partition coefficient (Wildman–Crippen LogP) is 7.89. The zero-order valence-electron chi connectivity index (χ0n) is 19.2. The monoisotopic (exact) mass is 437 g/mol. The van der Waals surface area contributed by atoms with E-state index in [1.807, 2.05) is 6.20 Å². The van der Waals surface area contributed by atoms with Crippen molar-refractivity contribution in [2.45, 2.75) is 13.8 Å².